The minimum Gasteiger partial charge on any atom is -0.396 e. The molecule has 2 N–H and O–H groups in total. The van der Waals surface area contributed by atoms with Crippen LogP contribution in [0.2, 0.25) is 0 Å². The molecule has 0 bridgehead atoms. The van der Waals surface area contributed by atoms with Crippen molar-refractivity contribution in [2.45, 2.75) is 12.1 Å². The van der Waals surface area contributed by atoms with Crippen LogP contribution in [0.1, 0.15) is 5.69 Å². The van der Waals surface area contributed by atoms with Gasteiger partial charge in [0.15, 0.2) is 5.16 Å². The summed E-state index contributed by atoms with van der Waals surface area (Å²) >= 11 is 1.26. The van der Waals surface area contributed by atoms with Gasteiger partial charge in [-0.2, -0.15) is 0 Å². The molecule has 1 aromatic heterocycles. The third-order valence-corrected chi connectivity index (χ3v) is 2.01. The van der Waals surface area contributed by atoms with E-state index >= 15 is 0 Å². The largest absolute Gasteiger partial charge is 0.396 e. The van der Waals surface area contributed by atoms with Crippen LogP contribution in [0.15, 0.2) is 9.95 Å². The Morgan fingerprint density at radius 1 is 1.58 bits per heavy atom. The van der Waals surface area contributed by atoms with E-state index in [1.54, 1.807) is 6.92 Å². The minimum absolute atomic E-state index is 0.0578. The zero-order valence-corrected chi connectivity index (χ0v) is 7.39. The van der Waals surface area contributed by atoms with Gasteiger partial charge < -0.3 is 5.11 Å². The molecule has 0 aromatic carbocycles. The highest BCUT2D eigenvalue weighted by molar-refractivity contribution is 7.99. The number of aliphatic hydroxyl groups excluding tert-OH is 1. The van der Waals surface area contributed by atoms with Crippen LogP contribution in [0.3, 0.4) is 0 Å². The van der Waals surface area contributed by atoms with E-state index in [-0.39, 0.29) is 12.2 Å². The molecule has 0 atom stereocenters. The highest BCUT2D eigenvalue weighted by Gasteiger charge is 1.99. The standard InChI is InChI=1S/C6H9N3O2S/c1-4-5(11)7-6(9-8-4)12-3-2-10/h10H,2-3H2,1H3,(H,7,9,11). The number of aromatic amines is 1. The highest BCUT2D eigenvalue weighted by atomic mass is 32.2. The van der Waals surface area contributed by atoms with Gasteiger partial charge in [-0.05, 0) is 6.92 Å². The van der Waals surface area contributed by atoms with E-state index in [0.717, 1.165) is 0 Å². The lowest BCUT2D eigenvalue weighted by molar-refractivity contribution is 0.322. The average molecular weight is 187 g/mol. The maximum atomic E-state index is 11.0. The Morgan fingerprint density at radius 2 is 2.33 bits per heavy atom. The van der Waals surface area contributed by atoms with Gasteiger partial charge in [-0.3, -0.25) is 9.78 Å². The van der Waals surface area contributed by atoms with Crippen LogP contribution < -0.4 is 5.56 Å². The maximum absolute atomic E-state index is 11.0. The maximum Gasteiger partial charge on any atom is 0.273 e. The van der Waals surface area contributed by atoms with E-state index in [9.17, 15) is 4.79 Å². The van der Waals surface area contributed by atoms with Gasteiger partial charge in [0.05, 0.1) is 6.61 Å². The molecular weight excluding hydrogens is 178 g/mol. The predicted molar refractivity (Wildman–Crippen MR) is 45.2 cm³/mol. The first-order valence-electron chi connectivity index (χ1n) is 3.41. The summed E-state index contributed by atoms with van der Waals surface area (Å²) in [7, 11) is 0. The van der Waals surface area contributed by atoms with Crippen molar-refractivity contribution in [3.63, 3.8) is 0 Å². The number of nitrogens with one attached hydrogen (secondary N) is 1. The number of aliphatic hydroxyl groups is 1. The van der Waals surface area contributed by atoms with Gasteiger partial charge in [0.25, 0.3) is 5.56 Å². The molecule has 0 saturated heterocycles. The molecule has 66 valence electrons. The molecule has 0 saturated carbocycles. The van der Waals surface area contributed by atoms with Crippen LogP contribution in [0.4, 0.5) is 0 Å². The molecule has 6 heteroatoms. The van der Waals surface area contributed by atoms with Crippen LogP contribution in [0.25, 0.3) is 0 Å². The van der Waals surface area contributed by atoms with Crippen molar-refractivity contribution in [1.29, 1.82) is 0 Å². The first-order valence-corrected chi connectivity index (χ1v) is 4.40. The second kappa shape index (κ2) is 4.22. The van der Waals surface area contributed by atoms with Crippen LogP contribution in [-0.2, 0) is 0 Å². The lowest BCUT2D eigenvalue weighted by Crippen LogP contribution is -2.14. The molecule has 1 heterocycles. The van der Waals surface area contributed by atoms with Gasteiger partial charge in [0, 0.05) is 5.75 Å². The fourth-order valence-corrected chi connectivity index (χ4v) is 1.13. The summed E-state index contributed by atoms with van der Waals surface area (Å²) in [6.07, 6.45) is 0. The average Bonchev–Trinajstić information content (AvgIpc) is 2.07. The number of aromatic nitrogens is 3. The summed E-state index contributed by atoms with van der Waals surface area (Å²) < 4.78 is 0. The first-order chi connectivity index (χ1) is 5.74. The Morgan fingerprint density at radius 3 is 2.92 bits per heavy atom. The summed E-state index contributed by atoms with van der Waals surface area (Å²) in [6.45, 7) is 1.65. The molecule has 0 aliphatic rings. The monoisotopic (exact) mass is 187 g/mol. The van der Waals surface area contributed by atoms with Crippen molar-refractivity contribution in [3.8, 4) is 0 Å². The highest BCUT2D eigenvalue weighted by Crippen LogP contribution is 2.07. The number of thioether (sulfide) groups is 1. The van der Waals surface area contributed by atoms with E-state index in [4.69, 9.17) is 5.11 Å². The Labute approximate surface area is 73.2 Å². The molecule has 1 aromatic rings. The molecule has 5 nitrogen and oxygen atoms in total. The summed E-state index contributed by atoms with van der Waals surface area (Å²) in [5, 5.41) is 16.3. The Kier molecular flexibility index (Phi) is 3.24. The quantitative estimate of drug-likeness (QED) is 0.627. The summed E-state index contributed by atoms with van der Waals surface area (Å²) in [5.41, 5.74) is 0.119. The van der Waals surface area contributed by atoms with Crippen molar-refractivity contribution in [2.75, 3.05) is 12.4 Å². The molecule has 0 spiro atoms. The zero-order valence-electron chi connectivity index (χ0n) is 6.57. The number of nitrogens with zero attached hydrogens (tertiary/aromatic N) is 2. The van der Waals surface area contributed by atoms with Gasteiger partial charge >= 0.3 is 0 Å². The normalized spacial score (nSPS) is 10.2. The van der Waals surface area contributed by atoms with Crippen LogP contribution >= 0.6 is 11.8 Å². The molecular formula is C6H9N3O2S. The van der Waals surface area contributed by atoms with E-state index in [0.29, 0.717) is 16.6 Å². The topological polar surface area (TPSA) is 78.9 Å². The Balaban J connectivity index is 2.76. The van der Waals surface area contributed by atoms with Crippen molar-refractivity contribution in [3.05, 3.63) is 16.0 Å². The second-order valence-electron chi connectivity index (χ2n) is 2.12. The summed E-state index contributed by atoms with van der Waals surface area (Å²) in [5.74, 6) is 0.508. The molecule has 12 heavy (non-hydrogen) atoms. The van der Waals surface area contributed by atoms with Gasteiger partial charge in [0.2, 0.25) is 0 Å². The number of hydrogen-bond donors (Lipinski definition) is 2. The molecule has 0 unspecified atom stereocenters. The summed E-state index contributed by atoms with van der Waals surface area (Å²) in [6, 6.07) is 0. The van der Waals surface area contributed by atoms with Crippen LogP contribution in [0.5, 0.6) is 0 Å². The Bertz CT molecular complexity index is 312. The lowest BCUT2D eigenvalue weighted by atomic mass is 10.5. The van der Waals surface area contributed by atoms with Gasteiger partial charge in [-0.1, -0.05) is 11.8 Å². The number of aryl methyl sites for hydroxylation is 1. The lowest BCUT2D eigenvalue weighted by Gasteiger charge is -1.96. The number of rotatable bonds is 3. The van der Waals surface area contributed by atoms with Crippen molar-refractivity contribution >= 4 is 11.8 Å². The molecule has 0 radical (unpaired) electrons. The Hall–Kier alpha value is -0.880. The van der Waals surface area contributed by atoms with Gasteiger partial charge in [-0.25, -0.2) is 0 Å². The molecule has 1 rings (SSSR count). The fourth-order valence-electron chi connectivity index (χ4n) is 0.586. The smallest absolute Gasteiger partial charge is 0.273 e. The van der Waals surface area contributed by atoms with Gasteiger partial charge in [-0.15, -0.1) is 10.2 Å². The molecule has 0 amide bonds. The minimum atomic E-state index is -0.231. The van der Waals surface area contributed by atoms with E-state index in [2.05, 4.69) is 15.2 Å². The van der Waals surface area contributed by atoms with Crippen molar-refractivity contribution in [2.24, 2.45) is 0 Å². The predicted octanol–water partition coefficient (Wildman–Crippen LogP) is -0.442. The first kappa shape index (κ1) is 9.21. The van der Waals surface area contributed by atoms with Crippen LogP contribution in [-0.4, -0.2) is 32.6 Å². The van der Waals surface area contributed by atoms with Crippen LogP contribution in [0, 0.1) is 6.92 Å². The van der Waals surface area contributed by atoms with E-state index < -0.39 is 0 Å². The zero-order chi connectivity index (χ0) is 8.97. The third-order valence-electron chi connectivity index (χ3n) is 1.17. The molecule has 0 aliphatic carbocycles. The SMILES string of the molecule is Cc1nnc(SCCO)[nH]c1=O. The number of hydrogen-bond acceptors (Lipinski definition) is 5. The summed E-state index contributed by atoms with van der Waals surface area (Å²) in [4.78, 5) is 13.5. The van der Waals surface area contributed by atoms with Crippen molar-refractivity contribution < 1.29 is 5.11 Å². The second-order valence-corrected chi connectivity index (χ2v) is 3.20. The van der Waals surface area contributed by atoms with E-state index in [1.807, 2.05) is 0 Å². The third kappa shape index (κ3) is 2.31. The number of H-pyrrole nitrogens is 1. The molecule has 0 aliphatic heterocycles. The molecule has 0 fully saturated rings. The van der Waals surface area contributed by atoms with E-state index in [1.165, 1.54) is 11.8 Å². The fraction of sp³-hybridized carbons (Fsp3) is 0.500. The van der Waals surface area contributed by atoms with Gasteiger partial charge in [0.1, 0.15) is 5.69 Å². The van der Waals surface area contributed by atoms with Crippen molar-refractivity contribution in [1.82, 2.24) is 15.2 Å².